The van der Waals surface area contributed by atoms with Gasteiger partial charge in [0, 0.05) is 45.1 Å². The minimum Gasteiger partial charge on any atom is -0.341 e. The fourth-order valence-electron chi connectivity index (χ4n) is 4.37. The lowest BCUT2D eigenvalue weighted by Crippen LogP contribution is -2.39. The molecule has 1 amide bonds. The Bertz CT molecular complexity index is 1250. The predicted molar refractivity (Wildman–Crippen MR) is 123 cm³/mol. The standard InChI is InChI=1S/C24H23ClN4O/c1-2-29-22-9-4-3-8-18(22)19-13-17(10-11-23(19)29)26-24(30)21-14-20(27-28-21)15-6-5-7-16(25)12-15/h3-13,20-21,27-28H,2,14H2,1H3,(H,26,30). The average molecular weight is 419 g/mol. The number of hydrazine groups is 1. The molecule has 3 N–H and O–H groups in total. The largest absolute Gasteiger partial charge is 0.341 e. The number of aryl methyl sites for hydroxylation is 1. The molecule has 30 heavy (non-hydrogen) atoms. The maximum absolute atomic E-state index is 12.9. The van der Waals surface area contributed by atoms with E-state index in [2.05, 4.69) is 64.1 Å². The van der Waals surface area contributed by atoms with Crippen molar-refractivity contribution in [3.63, 3.8) is 0 Å². The highest BCUT2D eigenvalue weighted by Gasteiger charge is 2.30. The third kappa shape index (κ3) is 3.35. The number of carbonyl (C=O) groups excluding carboxylic acids is 1. The van der Waals surface area contributed by atoms with E-state index in [-0.39, 0.29) is 18.0 Å². The summed E-state index contributed by atoms with van der Waals surface area (Å²) >= 11 is 6.10. The van der Waals surface area contributed by atoms with Gasteiger partial charge in [-0.15, -0.1) is 0 Å². The van der Waals surface area contributed by atoms with Crippen molar-refractivity contribution in [3.8, 4) is 0 Å². The number of benzene rings is 3. The second-order valence-electron chi connectivity index (χ2n) is 7.67. The van der Waals surface area contributed by atoms with Crippen LogP contribution in [0.1, 0.15) is 24.9 Å². The SMILES string of the molecule is CCn1c2ccccc2c2cc(NC(=O)C3CC(c4cccc(Cl)c4)NN3)ccc21. The molecule has 1 fully saturated rings. The van der Waals surface area contributed by atoms with Crippen LogP contribution in [0.2, 0.25) is 5.02 Å². The number of hydrogen-bond donors (Lipinski definition) is 3. The molecular weight excluding hydrogens is 396 g/mol. The number of anilines is 1. The summed E-state index contributed by atoms with van der Waals surface area (Å²) in [5, 5.41) is 6.12. The molecule has 1 aliphatic heterocycles. The van der Waals surface area contributed by atoms with Gasteiger partial charge in [0.2, 0.25) is 5.91 Å². The number of carbonyl (C=O) groups is 1. The van der Waals surface area contributed by atoms with Gasteiger partial charge in [0.25, 0.3) is 0 Å². The highest BCUT2D eigenvalue weighted by atomic mass is 35.5. The predicted octanol–water partition coefficient (Wildman–Crippen LogP) is 5.01. The van der Waals surface area contributed by atoms with Crippen LogP contribution in [0.5, 0.6) is 0 Å². The third-order valence-corrected chi connectivity index (χ3v) is 6.06. The van der Waals surface area contributed by atoms with E-state index in [1.165, 1.54) is 16.4 Å². The topological polar surface area (TPSA) is 58.1 Å². The number of rotatable bonds is 4. The van der Waals surface area contributed by atoms with Gasteiger partial charge in [0.05, 0.1) is 0 Å². The molecule has 2 heterocycles. The molecule has 152 valence electrons. The van der Waals surface area contributed by atoms with Crippen molar-refractivity contribution in [1.29, 1.82) is 0 Å². The van der Waals surface area contributed by atoms with Crippen LogP contribution >= 0.6 is 11.6 Å². The Hall–Kier alpha value is -2.86. The van der Waals surface area contributed by atoms with Crippen molar-refractivity contribution < 1.29 is 4.79 Å². The lowest BCUT2D eigenvalue weighted by atomic mass is 10.0. The summed E-state index contributed by atoms with van der Waals surface area (Å²) in [4.78, 5) is 12.9. The van der Waals surface area contributed by atoms with Crippen LogP contribution in [0.3, 0.4) is 0 Å². The molecular formula is C24H23ClN4O. The molecule has 3 aromatic carbocycles. The summed E-state index contributed by atoms with van der Waals surface area (Å²) in [5.41, 5.74) is 10.6. The number of para-hydroxylation sites is 1. The van der Waals surface area contributed by atoms with E-state index in [9.17, 15) is 4.79 Å². The number of halogens is 1. The normalized spacial score (nSPS) is 18.9. The molecule has 0 spiro atoms. The second-order valence-corrected chi connectivity index (χ2v) is 8.10. The fourth-order valence-corrected chi connectivity index (χ4v) is 4.57. The first-order valence-electron chi connectivity index (χ1n) is 10.2. The first kappa shape index (κ1) is 19.1. The molecule has 2 atom stereocenters. The molecule has 0 bridgehead atoms. The lowest BCUT2D eigenvalue weighted by Gasteiger charge is -2.11. The summed E-state index contributed by atoms with van der Waals surface area (Å²) in [5.74, 6) is -0.0504. The molecule has 6 heteroatoms. The molecule has 0 saturated carbocycles. The maximum Gasteiger partial charge on any atom is 0.242 e. The molecule has 5 rings (SSSR count). The van der Waals surface area contributed by atoms with Crippen molar-refractivity contribution in [2.45, 2.75) is 32.0 Å². The van der Waals surface area contributed by atoms with E-state index in [0.29, 0.717) is 11.4 Å². The number of aromatic nitrogens is 1. The van der Waals surface area contributed by atoms with E-state index in [1.54, 1.807) is 0 Å². The van der Waals surface area contributed by atoms with E-state index >= 15 is 0 Å². The summed E-state index contributed by atoms with van der Waals surface area (Å²) in [6.45, 7) is 3.05. The fraction of sp³-hybridized carbons (Fsp3) is 0.208. The van der Waals surface area contributed by atoms with Gasteiger partial charge in [-0.1, -0.05) is 41.9 Å². The van der Waals surface area contributed by atoms with Gasteiger partial charge in [-0.25, -0.2) is 10.9 Å². The second kappa shape index (κ2) is 7.76. The van der Waals surface area contributed by atoms with Gasteiger partial charge in [-0.3, -0.25) is 4.79 Å². The molecule has 5 nitrogen and oxygen atoms in total. The van der Waals surface area contributed by atoms with E-state index in [0.717, 1.165) is 23.2 Å². The summed E-state index contributed by atoms with van der Waals surface area (Å²) in [6.07, 6.45) is 0.656. The summed E-state index contributed by atoms with van der Waals surface area (Å²) in [6, 6.07) is 22.0. The quantitative estimate of drug-likeness (QED) is 0.436. The first-order valence-corrected chi connectivity index (χ1v) is 10.6. The van der Waals surface area contributed by atoms with Crippen molar-refractivity contribution in [2.24, 2.45) is 0 Å². The van der Waals surface area contributed by atoms with Crippen LogP contribution in [-0.2, 0) is 11.3 Å². The van der Waals surface area contributed by atoms with Gasteiger partial charge in [0.15, 0.2) is 0 Å². The number of hydrogen-bond acceptors (Lipinski definition) is 3. The van der Waals surface area contributed by atoms with E-state index in [4.69, 9.17) is 11.6 Å². The first-order chi connectivity index (χ1) is 14.6. The van der Waals surface area contributed by atoms with E-state index < -0.39 is 0 Å². The zero-order chi connectivity index (χ0) is 20.7. The molecule has 0 radical (unpaired) electrons. The molecule has 1 saturated heterocycles. The minimum absolute atomic E-state index is 0.0458. The number of nitrogens with one attached hydrogen (secondary N) is 3. The van der Waals surface area contributed by atoms with Crippen LogP contribution in [0.25, 0.3) is 21.8 Å². The molecule has 0 aliphatic carbocycles. The monoisotopic (exact) mass is 418 g/mol. The van der Waals surface area contributed by atoms with Crippen LogP contribution < -0.4 is 16.2 Å². The number of amides is 1. The minimum atomic E-state index is -0.318. The highest BCUT2D eigenvalue weighted by Crippen LogP contribution is 2.31. The molecule has 4 aromatic rings. The smallest absolute Gasteiger partial charge is 0.242 e. The number of fused-ring (bicyclic) bond motifs is 3. The average Bonchev–Trinajstić information content (AvgIpc) is 3.37. The Balaban J connectivity index is 1.37. The highest BCUT2D eigenvalue weighted by molar-refractivity contribution is 6.30. The third-order valence-electron chi connectivity index (χ3n) is 5.83. The van der Waals surface area contributed by atoms with Gasteiger partial charge in [-0.05, 0) is 55.3 Å². The van der Waals surface area contributed by atoms with Crippen molar-refractivity contribution in [1.82, 2.24) is 15.4 Å². The van der Waals surface area contributed by atoms with Crippen LogP contribution in [0, 0.1) is 0 Å². The van der Waals surface area contributed by atoms with Gasteiger partial charge in [0.1, 0.15) is 6.04 Å². The molecule has 2 unspecified atom stereocenters. The van der Waals surface area contributed by atoms with Gasteiger partial charge < -0.3 is 9.88 Å². The lowest BCUT2D eigenvalue weighted by molar-refractivity contribution is -0.117. The van der Waals surface area contributed by atoms with Crippen molar-refractivity contribution in [2.75, 3.05) is 5.32 Å². The Morgan fingerprint density at radius 2 is 1.87 bits per heavy atom. The Labute approximate surface area is 180 Å². The Morgan fingerprint density at radius 3 is 2.70 bits per heavy atom. The summed E-state index contributed by atoms with van der Waals surface area (Å²) in [7, 11) is 0. The van der Waals surface area contributed by atoms with Gasteiger partial charge in [-0.2, -0.15) is 0 Å². The molecule has 1 aromatic heterocycles. The Morgan fingerprint density at radius 1 is 1.03 bits per heavy atom. The number of nitrogens with zero attached hydrogens (tertiary/aromatic N) is 1. The van der Waals surface area contributed by atoms with Crippen LogP contribution in [0.15, 0.2) is 66.7 Å². The van der Waals surface area contributed by atoms with Crippen molar-refractivity contribution >= 4 is 45.0 Å². The van der Waals surface area contributed by atoms with E-state index in [1.807, 2.05) is 30.3 Å². The van der Waals surface area contributed by atoms with Crippen LogP contribution in [-0.4, -0.2) is 16.5 Å². The zero-order valence-electron chi connectivity index (χ0n) is 16.7. The van der Waals surface area contributed by atoms with Gasteiger partial charge >= 0.3 is 0 Å². The maximum atomic E-state index is 12.9. The van der Waals surface area contributed by atoms with Crippen LogP contribution in [0.4, 0.5) is 5.69 Å². The molecule has 1 aliphatic rings. The Kier molecular flexibility index (Phi) is 4.95. The zero-order valence-corrected chi connectivity index (χ0v) is 17.4. The summed E-state index contributed by atoms with van der Waals surface area (Å²) < 4.78 is 2.30. The van der Waals surface area contributed by atoms with Crippen molar-refractivity contribution in [3.05, 3.63) is 77.3 Å².